The minimum absolute atomic E-state index is 0.0813. The molecule has 0 saturated heterocycles. The van der Waals surface area contributed by atoms with Gasteiger partial charge in [-0.2, -0.15) is 0 Å². The highest BCUT2D eigenvalue weighted by molar-refractivity contribution is 5.53. The summed E-state index contributed by atoms with van der Waals surface area (Å²) in [6.07, 6.45) is 1.04. The van der Waals surface area contributed by atoms with Crippen LogP contribution in [0.4, 0.5) is 5.69 Å². The quantitative estimate of drug-likeness (QED) is 0.101. The molecule has 0 aliphatic heterocycles. The summed E-state index contributed by atoms with van der Waals surface area (Å²) in [5.41, 5.74) is 12.5. The van der Waals surface area contributed by atoms with Gasteiger partial charge < -0.3 is 20.4 Å². The SMILES string of the molecule is Cc1ccc(O)c(Cc2cccc(Cc3cc(C)cc(Cc4cc(C)ccc4O)c3O)c2[O-])c1.c1ccc(C[N+](Cc2ccccc2)(Cc2ccccc2)c2ccccc2)cc1. The van der Waals surface area contributed by atoms with Crippen molar-refractivity contribution in [3.05, 3.63) is 255 Å². The number of phenols is 3. The molecule has 0 spiro atoms. The van der Waals surface area contributed by atoms with Gasteiger partial charge in [0.2, 0.25) is 0 Å². The minimum atomic E-state index is -0.0813. The summed E-state index contributed by atoms with van der Waals surface area (Å²) in [5, 5.41) is 44.7. The molecule has 0 aromatic heterocycles. The zero-order chi connectivity index (χ0) is 43.5. The Balaban J connectivity index is 0.000000190. The van der Waals surface area contributed by atoms with Gasteiger partial charge in [0.1, 0.15) is 42.6 Å². The van der Waals surface area contributed by atoms with Crippen LogP contribution in [0.3, 0.4) is 0 Å². The van der Waals surface area contributed by atoms with E-state index in [0.717, 1.165) is 46.4 Å². The lowest BCUT2D eigenvalue weighted by atomic mass is 9.93. The van der Waals surface area contributed by atoms with Crippen LogP contribution in [-0.4, -0.2) is 15.3 Å². The molecule has 8 rings (SSSR count). The predicted molar refractivity (Wildman–Crippen MR) is 252 cm³/mol. The number of benzene rings is 8. The molecule has 0 aliphatic carbocycles. The van der Waals surface area contributed by atoms with Crippen LogP contribution in [0.5, 0.6) is 23.0 Å². The number of aryl methyl sites for hydroxylation is 3. The summed E-state index contributed by atoms with van der Waals surface area (Å²) in [4.78, 5) is 0. The molecule has 8 aromatic carbocycles. The lowest BCUT2D eigenvalue weighted by Gasteiger charge is -2.39. The Hall–Kier alpha value is -7.08. The van der Waals surface area contributed by atoms with E-state index in [-0.39, 0.29) is 23.0 Å². The van der Waals surface area contributed by atoms with Crippen molar-refractivity contribution in [1.82, 2.24) is 4.48 Å². The van der Waals surface area contributed by atoms with Crippen LogP contribution in [0.2, 0.25) is 0 Å². The van der Waals surface area contributed by atoms with Gasteiger partial charge in [-0.1, -0.05) is 192 Å². The molecular formula is C57H55NO4. The van der Waals surface area contributed by atoms with Crippen molar-refractivity contribution in [3.8, 4) is 23.0 Å². The monoisotopic (exact) mass is 817 g/mol. The van der Waals surface area contributed by atoms with E-state index in [1.165, 1.54) is 22.4 Å². The Morgan fingerprint density at radius 1 is 0.371 bits per heavy atom. The van der Waals surface area contributed by atoms with E-state index in [4.69, 9.17) is 0 Å². The normalized spacial score (nSPS) is 11.1. The summed E-state index contributed by atoms with van der Waals surface area (Å²) in [6, 6.07) is 63.6. The Kier molecular flexibility index (Phi) is 13.9. The fraction of sp³-hybridized carbons (Fsp3) is 0.158. The number of para-hydroxylation sites is 2. The molecule has 0 saturated carbocycles. The summed E-state index contributed by atoms with van der Waals surface area (Å²) in [6.45, 7) is 8.73. The highest BCUT2D eigenvalue weighted by Crippen LogP contribution is 2.35. The highest BCUT2D eigenvalue weighted by Gasteiger charge is 2.32. The molecule has 3 N–H and O–H groups in total. The van der Waals surface area contributed by atoms with Crippen molar-refractivity contribution in [2.24, 2.45) is 0 Å². The first-order valence-electron chi connectivity index (χ1n) is 21.2. The van der Waals surface area contributed by atoms with E-state index in [9.17, 15) is 20.4 Å². The third-order valence-corrected chi connectivity index (χ3v) is 11.5. The molecule has 312 valence electrons. The van der Waals surface area contributed by atoms with Crippen molar-refractivity contribution >= 4 is 5.69 Å². The topological polar surface area (TPSA) is 83.8 Å². The molecule has 0 radical (unpaired) electrons. The molecule has 0 aliphatic rings. The molecule has 0 unspecified atom stereocenters. The molecule has 0 amide bonds. The Labute approximate surface area is 366 Å². The van der Waals surface area contributed by atoms with E-state index < -0.39 is 0 Å². The van der Waals surface area contributed by atoms with Crippen molar-refractivity contribution in [1.29, 1.82) is 0 Å². The molecule has 0 fully saturated rings. The molecule has 0 bridgehead atoms. The van der Waals surface area contributed by atoms with Crippen LogP contribution in [0, 0.1) is 20.8 Å². The zero-order valence-electron chi connectivity index (χ0n) is 35.8. The number of quaternary nitrogens is 1. The first-order valence-corrected chi connectivity index (χ1v) is 21.2. The smallest absolute Gasteiger partial charge is 0.133 e. The Bertz CT molecular complexity index is 2600. The van der Waals surface area contributed by atoms with Gasteiger partial charge in [-0.05, 0) is 67.3 Å². The average molecular weight is 818 g/mol. The standard InChI is InChI=1S/C30H30O4.C27H26N/c1-18-7-9-27(31)23(11-18)15-21-5-4-6-22(29(21)33)16-25-13-20(3)14-26(30(25)34)17-24-12-19(2)8-10-28(24)32;1-5-13-24(14-6-1)21-28(27-19-11-4-12-20-27,22-25-15-7-2-8-16-25)23-26-17-9-3-10-18-26/h4-14,31-34H,15-17H2,1-3H3;1-20H,21-23H2/q;+1/p-1. The molecular weight excluding hydrogens is 763 g/mol. The maximum Gasteiger partial charge on any atom is 0.133 e. The Morgan fingerprint density at radius 3 is 1.15 bits per heavy atom. The second-order valence-corrected chi connectivity index (χ2v) is 16.5. The lowest BCUT2D eigenvalue weighted by Crippen LogP contribution is -2.47. The highest BCUT2D eigenvalue weighted by atomic mass is 16.3. The summed E-state index contributed by atoms with van der Waals surface area (Å²) >= 11 is 0. The largest absolute Gasteiger partial charge is 0.872 e. The molecule has 5 nitrogen and oxygen atoms in total. The van der Waals surface area contributed by atoms with Gasteiger partial charge in [-0.15, -0.1) is 5.75 Å². The zero-order valence-corrected chi connectivity index (χ0v) is 35.8. The number of aromatic hydroxyl groups is 3. The van der Waals surface area contributed by atoms with Crippen LogP contribution >= 0.6 is 0 Å². The lowest BCUT2D eigenvalue weighted by molar-refractivity contribution is -0.270. The summed E-state index contributed by atoms with van der Waals surface area (Å²) < 4.78 is 0.860. The molecule has 8 aromatic rings. The predicted octanol–water partition coefficient (Wildman–Crippen LogP) is 12.2. The van der Waals surface area contributed by atoms with Crippen LogP contribution < -0.4 is 9.59 Å². The van der Waals surface area contributed by atoms with Crippen LogP contribution in [0.15, 0.2) is 188 Å². The van der Waals surface area contributed by atoms with E-state index in [2.05, 4.69) is 121 Å². The minimum Gasteiger partial charge on any atom is -0.872 e. The molecule has 62 heavy (non-hydrogen) atoms. The third kappa shape index (κ3) is 11.0. The first-order chi connectivity index (χ1) is 30.0. The van der Waals surface area contributed by atoms with Crippen LogP contribution in [-0.2, 0) is 38.9 Å². The second kappa shape index (κ2) is 20.0. The number of nitrogens with zero attached hydrogens (tertiary/aromatic N) is 1. The van der Waals surface area contributed by atoms with Crippen LogP contribution in [0.25, 0.3) is 0 Å². The van der Waals surface area contributed by atoms with E-state index in [0.29, 0.717) is 47.1 Å². The van der Waals surface area contributed by atoms with E-state index in [1.807, 2.05) is 63.2 Å². The van der Waals surface area contributed by atoms with Gasteiger partial charge in [0.15, 0.2) is 0 Å². The van der Waals surface area contributed by atoms with Gasteiger partial charge in [-0.3, -0.25) is 4.48 Å². The van der Waals surface area contributed by atoms with Crippen LogP contribution in [0.1, 0.15) is 66.8 Å². The first kappa shape index (κ1) is 43.0. The van der Waals surface area contributed by atoms with Gasteiger partial charge in [0.05, 0.1) is 0 Å². The van der Waals surface area contributed by atoms with Crippen molar-refractivity contribution in [2.75, 3.05) is 0 Å². The fourth-order valence-electron chi connectivity index (χ4n) is 8.43. The summed E-state index contributed by atoms with van der Waals surface area (Å²) in [7, 11) is 0. The fourth-order valence-corrected chi connectivity index (χ4v) is 8.43. The maximum atomic E-state index is 13.2. The summed E-state index contributed by atoms with van der Waals surface area (Å²) in [5.74, 6) is 0.438. The molecule has 0 atom stereocenters. The number of rotatable bonds is 13. The van der Waals surface area contributed by atoms with Gasteiger partial charge >= 0.3 is 0 Å². The average Bonchev–Trinajstić information content (AvgIpc) is 3.28. The number of phenolic OH excluding ortho intramolecular Hbond substituents is 3. The number of hydrogen-bond acceptors (Lipinski definition) is 4. The van der Waals surface area contributed by atoms with E-state index in [1.54, 1.807) is 24.3 Å². The van der Waals surface area contributed by atoms with Crippen molar-refractivity contribution in [2.45, 2.75) is 59.7 Å². The van der Waals surface area contributed by atoms with Gasteiger partial charge in [0.25, 0.3) is 0 Å². The van der Waals surface area contributed by atoms with Crippen molar-refractivity contribution in [3.63, 3.8) is 0 Å². The molecule has 0 heterocycles. The second-order valence-electron chi connectivity index (χ2n) is 16.5. The van der Waals surface area contributed by atoms with Gasteiger partial charge in [0, 0.05) is 36.0 Å². The van der Waals surface area contributed by atoms with Crippen molar-refractivity contribution < 1.29 is 20.4 Å². The van der Waals surface area contributed by atoms with Gasteiger partial charge in [-0.25, -0.2) is 0 Å². The Morgan fingerprint density at radius 2 is 0.726 bits per heavy atom. The maximum absolute atomic E-state index is 13.2. The van der Waals surface area contributed by atoms with E-state index >= 15 is 0 Å². The number of hydrogen-bond donors (Lipinski definition) is 3. The third-order valence-electron chi connectivity index (χ3n) is 11.5. The molecule has 5 heteroatoms.